The molecule has 0 aromatic carbocycles. The maximum absolute atomic E-state index is 12.1. The third-order valence-corrected chi connectivity index (χ3v) is 4.69. The molecular formula is C15H26N2O2. The monoisotopic (exact) mass is 266 g/mol. The molecule has 108 valence electrons. The Morgan fingerprint density at radius 2 is 1.95 bits per heavy atom. The molecule has 2 aliphatic rings. The maximum atomic E-state index is 12.1. The van der Waals surface area contributed by atoms with E-state index in [4.69, 9.17) is 0 Å². The molecule has 2 fully saturated rings. The molecule has 4 nitrogen and oxygen atoms in total. The van der Waals surface area contributed by atoms with Crippen LogP contribution in [-0.4, -0.2) is 35.8 Å². The van der Waals surface area contributed by atoms with Gasteiger partial charge in [-0.3, -0.25) is 9.59 Å². The van der Waals surface area contributed by atoms with Gasteiger partial charge in [-0.1, -0.05) is 40.0 Å². The number of carbonyl (C=O) groups is 2. The lowest BCUT2D eigenvalue weighted by Gasteiger charge is -2.41. The summed E-state index contributed by atoms with van der Waals surface area (Å²) in [6, 6.07) is -0.282. The van der Waals surface area contributed by atoms with Gasteiger partial charge in [-0.2, -0.15) is 0 Å². The third-order valence-electron chi connectivity index (χ3n) is 4.69. The SMILES string of the molecule is CC(C)C1C(=O)NCC(=O)N1CC1CCCCC1C. The van der Waals surface area contributed by atoms with Crippen LogP contribution in [0.3, 0.4) is 0 Å². The minimum Gasteiger partial charge on any atom is -0.345 e. The molecule has 0 aromatic rings. The molecule has 1 N–H and O–H groups in total. The topological polar surface area (TPSA) is 49.4 Å². The highest BCUT2D eigenvalue weighted by atomic mass is 16.2. The first-order chi connectivity index (χ1) is 9.00. The van der Waals surface area contributed by atoms with Crippen LogP contribution in [-0.2, 0) is 9.59 Å². The number of nitrogens with zero attached hydrogens (tertiary/aromatic N) is 1. The Balaban J connectivity index is 2.09. The standard InChI is InChI=1S/C15H26N2O2/c1-10(2)14-15(19)16-8-13(18)17(14)9-12-7-5-4-6-11(12)3/h10-12,14H,4-9H2,1-3H3,(H,16,19). The highest BCUT2D eigenvalue weighted by Crippen LogP contribution is 2.31. The van der Waals surface area contributed by atoms with E-state index in [9.17, 15) is 9.59 Å². The summed E-state index contributed by atoms with van der Waals surface area (Å²) in [5.41, 5.74) is 0. The van der Waals surface area contributed by atoms with Crippen LogP contribution in [0.15, 0.2) is 0 Å². The first-order valence-corrected chi connectivity index (χ1v) is 7.58. The Hall–Kier alpha value is -1.06. The molecule has 1 aliphatic heterocycles. The second-order valence-corrected chi connectivity index (χ2v) is 6.47. The molecule has 1 heterocycles. The van der Waals surface area contributed by atoms with E-state index in [0.717, 1.165) is 6.54 Å². The van der Waals surface area contributed by atoms with Crippen LogP contribution in [0, 0.1) is 17.8 Å². The molecule has 0 bridgehead atoms. The van der Waals surface area contributed by atoms with Crippen LogP contribution in [0.25, 0.3) is 0 Å². The van der Waals surface area contributed by atoms with Gasteiger partial charge in [0.2, 0.25) is 11.8 Å². The Bertz CT molecular complexity index is 354. The van der Waals surface area contributed by atoms with Gasteiger partial charge in [-0.15, -0.1) is 0 Å². The van der Waals surface area contributed by atoms with Gasteiger partial charge in [0.15, 0.2) is 0 Å². The van der Waals surface area contributed by atoms with E-state index in [-0.39, 0.29) is 30.3 Å². The molecule has 2 rings (SSSR count). The van der Waals surface area contributed by atoms with Crippen LogP contribution in [0.1, 0.15) is 46.5 Å². The van der Waals surface area contributed by atoms with Gasteiger partial charge in [0, 0.05) is 6.54 Å². The Kier molecular flexibility index (Phi) is 4.48. The molecule has 4 heteroatoms. The van der Waals surface area contributed by atoms with E-state index in [2.05, 4.69) is 12.2 Å². The summed E-state index contributed by atoms with van der Waals surface area (Å²) >= 11 is 0. The van der Waals surface area contributed by atoms with E-state index >= 15 is 0 Å². The number of hydrogen-bond donors (Lipinski definition) is 1. The number of rotatable bonds is 3. The largest absolute Gasteiger partial charge is 0.345 e. The van der Waals surface area contributed by atoms with E-state index in [1.807, 2.05) is 18.7 Å². The maximum Gasteiger partial charge on any atom is 0.243 e. The molecule has 2 amide bonds. The summed E-state index contributed by atoms with van der Waals surface area (Å²) in [5.74, 6) is 1.49. The average Bonchev–Trinajstić information content (AvgIpc) is 2.36. The van der Waals surface area contributed by atoms with Gasteiger partial charge in [-0.05, 0) is 24.2 Å². The van der Waals surface area contributed by atoms with Gasteiger partial charge in [0.05, 0.1) is 6.54 Å². The average molecular weight is 266 g/mol. The van der Waals surface area contributed by atoms with Crippen LogP contribution >= 0.6 is 0 Å². The minimum absolute atomic E-state index is 0.0121. The molecule has 1 saturated heterocycles. The van der Waals surface area contributed by atoms with Crippen LogP contribution < -0.4 is 5.32 Å². The third kappa shape index (κ3) is 3.10. The number of piperazine rings is 1. The van der Waals surface area contributed by atoms with Crippen molar-refractivity contribution in [1.82, 2.24) is 10.2 Å². The molecule has 1 saturated carbocycles. The van der Waals surface area contributed by atoms with Gasteiger partial charge < -0.3 is 10.2 Å². The zero-order valence-corrected chi connectivity index (χ0v) is 12.3. The summed E-state index contributed by atoms with van der Waals surface area (Å²) in [6.07, 6.45) is 5.01. The van der Waals surface area contributed by atoms with Gasteiger partial charge in [0.1, 0.15) is 6.04 Å². The van der Waals surface area contributed by atoms with Crippen molar-refractivity contribution in [3.63, 3.8) is 0 Å². The number of hydrogen-bond acceptors (Lipinski definition) is 2. The first kappa shape index (κ1) is 14.4. The highest BCUT2D eigenvalue weighted by molar-refractivity contribution is 5.94. The van der Waals surface area contributed by atoms with Crippen LogP contribution in [0.5, 0.6) is 0 Å². The lowest BCUT2D eigenvalue weighted by Crippen LogP contribution is -2.61. The van der Waals surface area contributed by atoms with Gasteiger partial charge >= 0.3 is 0 Å². The van der Waals surface area contributed by atoms with E-state index in [1.54, 1.807) is 0 Å². The van der Waals surface area contributed by atoms with E-state index in [1.165, 1.54) is 25.7 Å². The van der Waals surface area contributed by atoms with Crippen molar-refractivity contribution >= 4 is 11.8 Å². The lowest BCUT2D eigenvalue weighted by atomic mass is 9.79. The van der Waals surface area contributed by atoms with Crippen molar-refractivity contribution in [2.24, 2.45) is 17.8 Å². The summed E-state index contributed by atoms with van der Waals surface area (Å²) < 4.78 is 0. The summed E-state index contributed by atoms with van der Waals surface area (Å²) in [6.45, 7) is 7.24. The fourth-order valence-corrected chi connectivity index (χ4v) is 3.46. The fourth-order valence-electron chi connectivity index (χ4n) is 3.46. The normalized spacial score (nSPS) is 32.6. The smallest absolute Gasteiger partial charge is 0.243 e. The molecule has 0 spiro atoms. The van der Waals surface area contributed by atoms with Crippen molar-refractivity contribution in [3.05, 3.63) is 0 Å². The number of carbonyl (C=O) groups excluding carboxylic acids is 2. The summed E-state index contributed by atoms with van der Waals surface area (Å²) in [4.78, 5) is 26.0. The highest BCUT2D eigenvalue weighted by Gasteiger charge is 2.38. The summed E-state index contributed by atoms with van der Waals surface area (Å²) in [7, 11) is 0. The van der Waals surface area contributed by atoms with Gasteiger partial charge in [0.25, 0.3) is 0 Å². The van der Waals surface area contributed by atoms with E-state index in [0.29, 0.717) is 11.8 Å². The van der Waals surface area contributed by atoms with Crippen molar-refractivity contribution in [3.8, 4) is 0 Å². The molecule has 0 radical (unpaired) electrons. The van der Waals surface area contributed by atoms with Crippen molar-refractivity contribution in [1.29, 1.82) is 0 Å². The molecule has 3 unspecified atom stereocenters. The zero-order chi connectivity index (χ0) is 14.0. The quantitative estimate of drug-likeness (QED) is 0.846. The Morgan fingerprint density at radius 1 is 1.26 bits per heavy atom. The lowest BCUT2D eigenvalue weighted by molar-refractivity contribution is -0.148. The molecule has 3 atom stereocenters. The first-order valence-electron chi connectivity index (χ1n) is 7.58. The second kappa shape index (κ2) is 5.93. The minimum atomic E-state index is -0.282. The number of amides is 2. The second-order valence-electron chi connectivity index (χ2n) is 6.47. The zero-order valence-electron chi connectivity index (χ0n) is 12.3. The predicted molar refractivity (Wildman–Crippen MR) is 74.5 cm³/mol. The van der Waals surface area contributed by atoms with Crippen LogP contribution in [0.2, 0.25) is 0 Å². The molecular weight excluding hydrogens is 240 g/mol. The molecule has 0 aromatic heterocycles. The van der Waals surface area contributed by atoms with Crippen molar-refractivity contribution in [2.45, 2.75) is 52.5 Å². The van der Waals surface area contributed by atoms with Gasteiger partial charge in [-0.25, -0.2) is 0 Å². The van der Waals surface area contributed by atoms with E-state index < -0.39 is 0 Å². The molecule has 1 aliphatic carbocycles. The predicted octanol–water partition coefficient (Wildman–Crippen LogP) is 1.80. The Morgan fingerprint density at radius 3 is 2.58 bits per heavy atom. The number of nitrogens with one attached hydrogen (secondary N) is 1. The Labute approximate surface area is 115 Å². The van der Waals surface area contributed by atoms with Crippen LogP contribution in [0.4, 0.5) is 0 Å². The summed E-state index contributed by atoms with van der Waals surface area (Å²) in [5, 5.41) is 2.71. The fraction of sp³-hybridized carbons (Fsp3) is 0.867. The van der Waals surface area contributed by atoms with Crippen molar-refractivity contribution < 1.29 is 9.59 Å². The van der Waals surface area contributed by atoms with Crippen molar-refractivity contribution in [2.75, 3.05) is 13.1 Å². The molecule has 19 heavy (non-hydrogen) atoms.